The summed E-state index contributed by atoms with van der Waals surface area (Å²) in [4.78, 5) is 8.58. The lowest BCUT2D eigenvalue weighted by Crippen LogP contribution is -2.02. The Morgan fingerprint density at radius 1 is 1.41 bits per heavy atom. The molecule has 0 aliphatic rings. The topological polar surface area (TPSA) is 67.7 Å². The Hall–Kier alpha value is -1.38. The zero-order chi connectivity index (χ0) is 12.4. The number of aromatic nitrogens is 4. The number of nitrogens with one attached hydrogen (secondary N) is 2. The van der Waals surface area contributed by atoms with Crippen molar-refractivity contribution >= 4 is 40.0 Å². The Morgan fingerprint density at radius 2 is 2.18 bits per heavy atom. The number of anilines is 3. The molecule has 0 spiro atoms. The summed E-state index contributed by atoms with van der Waals surface area (Å²) in [6.07, 6.45) is 3.67. The van der Waals surface area contributed by atoms with E-state index in [0.717, 1.165) is 20.8 Å². The molecule has 0 aliphatic heterocycles. The average Bonchev–Trinajstić information content (AvgIpc) is 2.60. The molecule has 0 amide bonds. The first kappa shape index (κ1) is 12.1. The van der Waals surface area contributed by atoms with E-state index >= 15 is 0 Å². The molecule has 90 valence electrons. The summed E-state index contributed by atoms with van der Waals surface area (Å²) in [6, 6.07) is 0. The number of halogens is 1. The maximum atomic E-state index is 4.36. The predicted octanol–water partition coefficient (Wildman–Crippen LogP) is 1.91. The maximum Gasteiger partial charge on any atom is 0.229 e. The average molecular weight is 344 g/mol. The van der Waals surface area contributed by atoms with Crippen molar-refractivity contribution in [1.29, 1.82) is 0 Å². The molecule has 2 heterocycles. The molecule has 0 atom stereocenters. The molecule has 17 heavy (non-hydrogen) atoms. The minimum atomic E-state index is 0.561. The van der Waals surface area contributed by atoms with E-state index in [9.17, 15) is 0 Å². The smallest absolute Gasteiger partial charge is 0.229 e. The number of aryl methyl sites for hydroxylation is 2. The normalized spacial score (nSPS) is 10.4. The fourth-order valence-corrected chi connectivity index (χ4v) is 1.97. The zero-order valence-electron chi connectivity index (χ0n) is 9.82. The van der Waals surface area contributed by atoms with Crippen LogP contribution >= 0.6 is 22.6 Å². The molecule has 0 fully saturated rings. The van der Waals surface area contributed by atoms with Gasteiger partial charge < -0.3 is 10.6 Å². The fraction of sp³-hybridized carbons (Fsp3) is 0.300. The van der Waals surface area contributed by atoms with Crippen LogP contribution < -0.4 is 10.6 Å². The van der Waals surface area contributed by atoms with Gasteiger partial charge in [-0.3, -0.25) is 4.68 Å². The van der Waals surface area contributed by atoms with E-state index in [0.29, 0.717) is 5.95 Å². The van der Waals surface area contributed by atoms with Gasteiger partial charge >= 0.3 is 0 Å². The molecule has 0 aromatic carbocycles. The van der Waals surface area contributed by atoms with Gasteiger partial charge in [0.05, 0.1) is 15.0 Å². The van der Waals surface area contributed by atoms with E-state index in [1.165, 1.54) is 0 Å². The van der Waals surface area contributed by atoms with Gasteiger partial charge in [-0.1, -0.05) is 0 Å². The highest BCUT2D eigenvalue weighted by atomic mass is 127. The van der Waals surface area contributed by atoms with Gasteiger partial charge in [0, 0.05) is 26.5 Å². The van der Waals surface area contributed by atoms with E-state index in [2.05, 4.69) is 48.3 Å². The molecule has 6 nitrogen and oxygen atoms in total. The summed E-state index contributed by atoms with van der Waals surface area (Å²) in [5.74, 6) is 1.37. The largest absolute Gasteiger partial charge is 0.372 e. The molecule has 0 bridgehead atoms. The van der Waals surface area contributed by atoms with Crippen LogP contribution in [0.25, 0.3) is 0 Å². The highest BCUT2D eigenvalue weighted by Gasteiger charge is 2.07. The summed E-state index contributed by atoms with van der Waals surface area (Å²) in [7, 11) is 3.72. The Labute approximate surface area is 113 Å². The Kier molecular flexibility index (Phi) is 3.46. The molecule has 0 unspecified atom stereocenters. The molecule has 2 aromatic heterocycles. The van der Waals surface area contributed by atoms with Crippen LogP contribution in [-0.4, -0.2) is 26.8 Å². The first-order valence-corrected chi connectivity index (χ1v) is 6.15. The molecule has 7 heteroatoms. The Morgan fingerprint density at radius 3 is 2.76 bits per heavy atom. The lowest BCUT2D eigenvalue weighted by Gasteiger charge is -2.06. The van der Waals surface area contributed by atoms with Crippen molar-refractivity contribution < 1.29 is 0 Å². The van der Waals surface area contributed by atoms with Crippen molar-refractivity contribution in [2.24, 2.45) is 7.05 Å². The minimum Gasteiger partial charge on any atom is -0.372 e. The second-order valence-electron chi connectivity index (χ2n) is 3.57. The lowest BCUT2D eigenvalue weighted by atomic mass is 10.4. The summed E-state index contributed by atoms with van der Waals surface area (Å²) >= 11 is 2.19. The molecule has 0 saturated heterocycles. The van der Waals surface area contributed by atoms with Gasteiger partial charge in [-0.05, 0) is 29.5 Å². The van der Waals surface area contributed by atoms with Crippen LogP contribution in [0.3, 0.4) is 0 Å². The third-order valence-electron chi connectivity index (χ3n) is 2.24. The molecule has 2 aromatic rings. The van der Waals surface area contributed by atoms with E-state index in [4.69, 9.17) is 0 Å². The van der Waals surface area contributed by atoms with E-state index in [-0.39, 0.29) is 0 Å². The van der Waals surface area contributed by atoms with E-state index in [1.807, 2.05) is 27.2 Å². The quantitative estimate of drug-likeness (QED) is 0.833. The van der Waals surface area contributed by atoms with Crippen LogP contribution in [0.1, 0.15) is 5.69 Å². The standard InChI is InChI=1S/C10H13IN6/c1-6-8(5-17(3)16-6)14-10-13-4-7(11)9(12-2)15-10/h4-5H,1-3H3,(H2,12,13,14,15). The molecular formula is C10H13IN6. The van der Waals surface area contributed by atoms with Gasteiger partial charge in [0.1, 0.15) is 5.82 Å². The molecule has 0 aliphatic carbocycles. The van der Waals surface area contributed by atoms with Crippen molar-refractivity contribution in [3.63, 3.8) is 0 Å². The first-order valence-electron chi connectivity index (χ1n) is 5.07. The summed E-state index contributed by atoms with van der Waals surface area (Å²) < 4.78 is 2.74. The van der Waals surface area contributed by atoms with Crippen molar-refractivity contribution in [3.05, 3.63) is 21.7 Å². The first-order chi connectivity index (χ1) is 8.10. The number of hydrogen-bond acceptors (Lipinski definition) is 5. The number of rotatable bonds is 3. The van der Waals surface area contributed by atoms with Crippen molar-refractivity contribution in [1.82, 2.24) is 19.7 Å². The molecule has 0 saturated carbocycles. The van der Waals surface area contributed by atoms with E-state index < -0.39 is 0 Å². The number of nitrogens with zero attached hydrogens (tertiary/aromatic N) is 4. The molecular weight excluding hydrogens is 331 g/mol. The lowest BCUT2D eigenvalue weighted by molar-refractivity contribution is 0.756. The van der Waals surface area contributed by atoms with Gasteiger partial charge in [-0.15, -0.1) is 0 Å². The monoisotopic (exact) mass is 344 g/mol. The third-order valence-corrected chi connectivity index (χ3v) is 3.03. The highest BCUT2D eigenvalue weighted by Crippen LogP contribution is 2.19. The molecule has 2 N–H and O–H groups in total. The summed E-state index contributed by atoms with van der Waals surface area (Å²) in [5, 5.41) is 10.4. The van der Waals surface area contributed by atoms with Crippen molar-refractivity contribution in [3.8, 4) is 0 Å². The Bertz CT molecular complexity index is 536. The predicted molar refractivity (Wildman–Crippen MR) is 75.5 cm³/mol. The van der Waals surface area contributed by atoms with Gasteiger partial charge in [0.15, 0.2) is 0 Å². The summed E-state index contributed by atoms with van der Waals surface area (Å²) in [6.45, 7) is 1.94. The second-order valence-corrected chi connectivity index (χ2v) is 4.73. The Balaban J connectivity index is 2.27. The molecule has 0 radical (unpaired) electrons. The fourth-order valence-electron chi connectivity index (χ4n) is 1.45. The van der Waals surface area contributed by atoms with Crippen molar-refractivity contribution in [2.75, 3.05) is 17.7 Å². The van der Waals surface area contributed by atoms with Crippen LogP contribution in [0, 0.1) is 10.5 Å². The van der Waals surface area contributed by atoms with Gasteiger partial charge in [-0.25, -0.2) is 4.98 Å². The van der Waals surface area contributed by atoms with Crippen LogP contribution in [-0.2, 0) is 7.05 Å². The SMILES string of the molecule is CNc1nc(Nc2cn(C)nc2C)ncc1I. The maximum absolute atomic E-state index is 4.36. The van der Waals surface area contributed by atoms with Crippen molar-refractivity contribution in [2.45, 2.75) is 6.92 Å². The third kappa shape index (κ3) is 2.65. The summed E-state index contributed by atoms with van der Waals surface area (Å²) in [5.41, 5.74) is 1.83. The van der Waals surface area contributed by atoms with Crippen LogP contribution in [0.5, 0.6) is 0 Å². The second kappa shape index (κ2) is 4.86. The van der Waals surface area contributed by atoms with Crippen LogP contribution in [0.2, 0.25) is 0 Å². The van der Waals surface area contributed by atoms with Crippen LogP contribution in [0.15, 0.2) is 12.4 Å². The minimum absolute atomic E-state index is 0.561. The highest BCUT2D eigenvalue weighted by molar-refractivity contribution is 14.1. The van der Waals surface area contributed by atoms with E-state index in [1.54, 1.807) is 10.9 Å². The van der Waals surface area contributed by atoms with Gasteiger partial charge in [0.25, 0.3) is 0 Å². The number of hydrogen-bond donors (Lipinski definition) is 2. The van der Waals surface area contributed by atoms with Gasteiger partial charge in [0.2, 0.25) is 5.95 Å². The van der Waals surface area contributed by atoms with Crippen LogP contribution in [0.4, 0.5) is 17.5 Å². The molecule has 2 rings (SSSR count). The van der Waals surface area contributed by atoms with Gasteiger partial charge in [-0.2, -0.15) is 10.1 Å². The zero-order valence-corrected chi connectivity index (χ0v) is 12.0.